The summed E-state index contributed by atoms with van der Waals surface area (Å²) in [5, 5.41) is 3.57. The summed E-state index contributed by atoms with van der Waals surface area (Å²) in [7, 11) is 2.13. The van der Waals surface area contributed by atoms with Crippen molar-refractivity contribution in [2.75, 3.05) is 0 Å². The molecule has 1 aromatic heterocycles. The molecule has 3 nitrogen and oxygen atoms in total. The van der Waals surface area contributed by atoms with Gasteiger partial charge in [-0.25, -0.2) is 6.57 Å². The highest BCUT2D eigenvalue weighted by Crippen LogP contribution is 2.48. The molecule has 0 radical (unpaired) electrons. The zero-order chi connectivity index (χ0) is 22.1. The van der Waals surface area contributed by atoms with Crippen molar-refractivity contribution in [3.63, 3.8) is 0 Å². The largest absolute Gasteiger partial charge is 0.450 e. The number of aromatic nitrogens is 1. The van der Waals surface area contributed by atoms with Crippen molar-refractivity contribution in [2.45, 2.75) is 46.6 Å². The maximum Gasteiger partial charge on any atom is 0.256 e. The lowest BCUT2D eigenvalue weighted by Crippen LogP contribution is -2.34. The average Bonchev–Trinajstić information content (AvgIpc) is 2.71. The second-order valence-corrected chi connectivity index (χ2v) is 9.52. The van der Waals surface area contributed by atoms with Gasteiger partial charge in [0.05, 0.1) is 17.4 Å². The molecule has 0 spiro atoms. The van der Waals surface area contributed by atoms with Crippen molar-refractivity contribution in [1.29, 1.82) is 0 Å². The molecule has 4 aromatic rings. The fourth-order valence-electron chi connectivity index (χ4n) is 4.96. The van der Waals surface area contributed by atoms with E-state index in [1.807, 2.05) is 13.8 Å². The van der Waals surface area contributed by atoms with Gasteiger partial charge in [-0.2, -0.15) is 4.57 Å². The van der Waals surface area contributed by atoms with E-state index in [-0.39, 0.29) is 0 Å². The van der Waals surface area contributed by atoms with E-state index in [0.717, 1.165) is 28.1 Å². The Kier molecular flexibility index (Phi) is 4.14. The van der Waals surface area contributed by atoms with E-state index in [4.69, 9.17) is 11.3 Å². The standard InChI is InChI=1S/C28H27N2O/c1-16-11-20-13-17(2)18(3)25-26(20)23(12-16)31-24-14-21-19(15-28(4,5)29-6)9-8-10-22(21)30(7)27(24)25/h8-14H,15H2,1-5,7H3/q+1. The quantitative estimate of drug-likeness (QED) is 0.234. The van der Waals surface area contributed by atoms with E-state index in [0.29, 0.717) is 6.42 Å². The topological polar surface area (TPSA) is 17.5 Å². The molecular formula is C28H27N2O+. The SMILES string of the molecule is [C-]#[N+]C(C)(C)Cc1cccc2c1cc1c([n+]2C)-c2c(C)c(C)cc3cc(C)cc(c23)O1. The Morgan fingerprint density at radius 3 is 2.55 bits per heavy atom. The van der Waals surface area contributed by atoms with Crippen LogP contribution in [-0.4, -0.2) is 5.54 Å². The minimum atomic E-state index is -0.438. The third kappa shape index (κ3) is 2.90. The second kappa shape index (κ2) is 6.56. The highest BCUT2D eigenvalue weighted by molar-refractivity contribution is 6.05. The minimum absolute atomic E-state index is 0.438. The van der Waals surface area contributed by atoms with Crippen LogP contribution in [0.2, 0.25) is 0 Å². The number of aryl methyl sites for hydroxylation is 3. The first-order valence-corrected chi connectivity index (χ1v) is 10.8. The van der Waals surface area contributed by atoms with E-state index >= 15 is 0 Å². The van der Waals surface area contributed by atoms with Crippen LogP contribution in [0.1, 0.15) is 36.1 Å². The number of hydrogen-bond acceptors (Lipinski definition) is 1. The molecule has 2 heterocycles. The van der Waals surface area contributed by atoms with Gasteiger partial charge in [-0.1, -0.05) is 24.3 Å². The van der Waals surface area contributed by atoms with E-state index in [1.165, 1.54) is 38.6 Å². The van der Waals surface area contributed by atoms with E-state index < -0.39 is 5.54 Å². The molecule has 3 aromatic carbocycles. The maximum absolute atomic E-state index is 7.56. The van der Waals surface area contributed by atoms with Gasteiger partial charge >= 0.3 is 0 Å². The summed E-state index contributed by atoms with van der Waals surface area (Å²) in [5.41, 5.74) is 8.07. The predicted octanol–water partition coefficient (Wildman–Crippen LogP) is 6.76. The van der Waals surface area contributed by atoms with Crippen LogP contribution in [0.3, 0.4) is 0 Å². The third-order valence-electron chi connectivity index (χ3n) is 6.63. The smallest absolute Gasteiger partial charge is 0.256 e. The summed E-state index contributed by atoms with van der Waals surface area (Å²) >= 11 is 0. The first-order chi connectivity index (χ1) is 14.7. The predicted molar refractivity (Wildman–Crippen MR) is 127 cm³/mol. The van der Waals surface area contributed by atoms with Crippen molar-refractivity contribution >= 4 is 21.7 Å². The molecule has 0 fully saturated rings. The number of benzene rings is 3. The number of rotatable bonds is 2. The zero-order valence-electron chi connectivity index (χ0n) is 19.1. The molecule has 0 unspecified atom stereocenters. The maximum atomic E-state index is 7.56. The van der Waals surface area contributed by atoms with Gasteiger partial charge in [-0.3, -0.25) is 0 Å². The van der Waals surface area contributed by atoms with Crippen molar-refractivity contribution in [3.05, 3.63) is 76.1 Å². The van der Waals surface area contributed by atoms with E-state index in [9.17, 15) is 0 Å². The van der Waals surface area contributed by atoms with Crippen LogP contribution in [-0.2, 0) is 13.5 Å². The van der Waals surface area contributed by atoms with Crippen LogP contribution in [0, 0.1) is 27.3 Å². The number of pyridine rings is 1. The molecular weight excluding hydrogens is 380 g/mol. The third-order valence-corrected chi connectivity index (χ3v) is 6.63. The lowest BCUT2D eigenvalue weighted by atomic mass is 9.88. The molecule has 3 heteroatoms. The van der Waals surface area contributed by atoms with Gasteiger partial charge in [-0.15, -0.1) is 0 Å². The van der Waals surface area contributed by atoms with Gasteiger partial charge in [-0.05, 0) is 54.5 Å². The summed E-state index contributed by atoms with van der Waals surface area (Å²) in [5.74, 6) is 1.81. The van der Waals surface area contributed by atoms with Gasteiger partial charge in [0.2, 0.25) is 11.1 Å². The molecule has 0 aliphatic carbocycles. The van der Waals surface area contributed by atoms with Gasteiger partial charge in [0.15, 0.2) is 5.75 Å². The first-order valence-electron chi connectivity index (χ1n) is 10.8. The molecule has 0 amide bonds. The summed E-state index contributed by atoms with van der Waals surface area (Å²) in [6.45, 7) is 18.1. The fourth-order valence-corrected chi connectivity index (χ4v) is 4.96. The monoisotopic (exact) mass is 407 g/mol. The summed E-state index contributed by atoms with van der Waals surface area (Å²) in [6.07, 6.45) is 0.704. The van der Waals surface area contributed by atoms with Crippen LogP contribution in [0.15, 0.2) is 42.5 Å². The van der Waals surface area contributed by atoms with Gasteiger partial charge in [0.25, 0.3) is 5.69 Å². The van der Waals surface area contributed by atoms with Crippen LogP contribution in [0.25, 0.3) is 37.8 Å². The van der Waals surface area contributed by atoms with Crippen molar-refractivity contribution in [2.24, 2.45) is 7.05 Å². The molecule has 5 rings (SSSR count). The van der Waals surface area contributed by atoms with Crippen molar-refractivity contribution in [3.8, 4) is 22.8 Å². The highest BCUT2D eigenvalue weighted by atomic mass is 16.5. The van der Waals surface area contributed by atoms with Crippen LogP contribution in [0.4, 0.5) is 0 Å². The normalized spacial score (nSPS) is 12.5. The summed E-state index contributed by atoms with van der Waals surface area (Å²) in [4.78, 5) is 3.83. The second-order valence-electron chi connectivity index (χ2n) is 9.52. The number of ether oxygens (including phenoxy) is 1. The molecule has 1 aliphatic heterocycles. The average molecular weight is 408 g/mol. The Bertz CT molecular complexity index is 1450. The molecule has 0 saturated carbocycles. The Balaban J connectivity index is 1.87. The summed E-state index contributed by atoms with van der Waals surface area (Å²) in [6, 6.07) is 15.2. The molecule has 0 N–H and O–H groups in total. The van der Waals surface area contributed by atoms with Crippen LogP contribution < -0.4 is 9.30 Å². The Labute approximate surface area is 183 Å². The Morgan fingerprint density at radius 2 is 1.81 bits per heavy atom. The van der Waals surface area contributed by atoms with Gasteiger partial charge in [0, 0.05) is 31.4 Å². The van der Waals surface area contributed by atoms with Crippen molar-refractivity contribution < 1.29 is 9.30 Å². The molecule has 0 atom stereocenters. The van der Waals surface area contributed by atoms with Crippen LogP contribution >= 0.6 is 0 Å². The minimum Gasteiger partial charge on any atom is -0.450 e. The number of fused-ring (bicyclic) bond motifs is 3. The lowest BCUT2D eigenvalue weighted by Gasteiger charge is -2.23. The van der Waals surface area contributed by atoms with Gasteiger partial charge < -0.3 is 9.58 Å². The molecule has 0 bridgehead atoms. The van der Waals surface area contributed by atoms with E-state index in [1.54, 1.807) is 0 Å². The molecule has 31 heavy (non-hydrogen) atoms. The Hall–Kier alpha value is -3.38. The lowest BCUT2D eigenvalue weighted by molar-refractivity contribution is -0.633. The van der Waals surface area contributed by atoms with Crippen molar-refractivity contribution in [1.82, 2.24) is 0 Å². The molecule has 154 valence electrons. The number of hydrogen-bond donors (Lipinski definition) is 0. The van der Waals surface area contributed by atoms with Crippen LogP contribution in [0.5, 0.6) is 11.5 Å². The molecule has 0 saturated heterocycles. The Morgan fingerprint density at radius 1 is 1.03 bits per heavy atom. The molecule has 1 aliphatic rings. The first kappa shape index (κ1) is 19.6. The van der Waals surface area contributed by atoms with E-state index in [2.05, 4.69) is 79.7 Å². The fraction of sp³-hybridized carbons (Fsp3) is 0.286. The highest BCUT2D eigenvalue weighted by Gasteiger charge is 2.33. The number of nitrogens with zero attached hydrogens (tertiary/aromatic N) is 2. The zero-order valence-corrected chi connectivity index (χ0v) is 19.1. The summed E-state index contributed by atoms with van der Waals surface area (Å²) < 4.78 is 8.81. The van der Waals surface area contributed by atoms with Gasteiger partial charge in [0.1, 0.15) is 12.8 Å².